The molecule has 0 aromatic heterocycles. The number of unbranched alkanes of at least 4 members (excludes halogenated alkanes) is 24. The summed E-state index contributed by atoms with van der Waals surface area (Å²) in [6.07, 6.45) is 76.3. The van der Waals surface area contributed by atoms with Crippen molar-refractivity contribution in [1.82, 2.24) is 0 Å². The van der Waals surface area contributed by atoms with Gasteiger partial charge in [-0.25, -0.2) is 9.13 Å². The zero-order chi connectivity index (χ0) is 71.8. The number of carbonyl (C=O) groups excluding carboxylic acids is 4. The average Bonchev–Trinajstić information content (AvgIpc) is 0.972. The van der Waals surface area contributed by atoms with Crippen LogP contribution in [0.2, 0.25) is 0 Å². The second-order valence-electron chi connectivity index (χ2n) is 24.8. The van der Waals surface area contributed by atoms with Crippen LogP contribution in [-0.4, -0.2) is 96.7 Å². The molecule has 0 radical (unpaired) electrons. The Bertz CT molecular complexity index is 2340. The van der Waals surface area contributed by atoms with E-state index in [2.05, 4.69) is 149 Å². The van der Waals surface area contributed by atoms with Gasteiger partial charge in [-0.2, -0.15) is 0 Å². The molecule has 5 atom stereocenters. The first kappa shape index (κ1) is 93.5. The highest BCUT2D eigenvalue weighted by Gasteiger charge is 2.30. The van der Waals surface area contributed by atoms with Crippen molar-refractivity contribution in [3.63, 3.8) is 0 Å². The van der Waals surface area contributed by atoms with Crippen LogP contribution in [0.1, 0.15) is 297 Å². The van der Waals surface area contributed by atoms with Crippen LogP contribution < -0.4 is 0 Å². The maximum absolute atomic E-state index is 13.1. The molecule has 98 heavy (non-hydrogen) atoms. The van der Waals surface area contributed by atoms with Crippen LogP contribution >= 0.6 is 15.6 Å². The number of aliphatic hydroxyl groups excluding tert-OH is 1. The molecule has 0 spiro atoms. The Morgan fingerprint density at radius 2 is 0.541 bits per heavy atom. The van der Waals surface area contributed by atoms with Gasteiger partial charge in [0.25, 0.3) is 0 Å². The van der Waals surface area contributed by atoms with Gasteiger partial charge in [0.1, 0.15) is 19.3 Å². The zero-order valence-electron chi connectivity index (χ0n) is 61.2. The molecular weight excluding hydrogens is 1280 g/mol. The lowest BCUT2D eigenvalue weighted by Gasteiger charge is -2.21. The van der Waals surface area contributed by atoms with Crippen molar-refractivity contribution in [3.8, 4) is 0 Å². The molecule has 19 heteroatoms. The number of phosphoric acid groups is 2. The molecule has 17 nitrogen and oxygen atoms in total. The fourth-order valence-electron chi connectivity index (χ4n) is 9.69. The summed E-state index contributed by atoms with van der Waals surface area (Å²) < 4.78 is 68.3. The van der Waals surface area contributed by atoms with Gasteiger partial charge in [-0.05, 0) is 128 Å². The molecule has 0 saturated carbocycles. The molecule has 3 N–H and O–H groups in total. The van der Waals surface area contributed by atoms with E-state index >= 15 is 0 Å². The highest BCUT2D eigenvalue weighted by atomic mass is 31.2. The first-order chi connectivity index (χ1) is 47.7. The van der Waals surface area contributed by atoms with E-state index in [1.54, 1.807) is 0 Å². The Morgan fingerprint density at radius 1 is 0.296 bits per heavy atom. The van der Waals surface area contributed by atoms with E-state index in [1.807, 2.05) is 0 Å². The van der Waals surface area contributed by atoms with Crippen LogP contribution in [0.25, 0.3) is 0 Å². The van der Waals surface area contributed by atoms with Gasteiger partial charge in [-0.1, -0.05) is 265 Å². The van der Waals surface area contributed by atoms with E-state index in [4.69, 9.17) is 37.0 Å². The molecule has 0 aliphatic carbocycles. The maximum Gasteiger partial charge on any atom is 0.472 e. The first-order valence-electron chi connectivity index (χ1n) is 37.8. The predicted octanol–water partition coefficient (Wildman–Crippen LogP) is 21.6. The summed E-state index contributed by atoms with van der Waals surface area (Å²) in [7, 11) is -9.97. The molecule has 0 fully saturated rings. The number of hydrogen-bond donors (Lipinski definition) is 3. The largest absolute Gasteiger partial charge is 0.472 e. The number of esters is 4. The summed E-state index contributed by atoms with van der Waals surface area (Å²) in [5, 5.41) is 10.6. The Labute approximate surface area is 593 Å². The van der Waals surface area contributed by atoms with Crippen molar-refractivity contribution in [2.45, 2.75) is 316 Å². The maximum atomic E-state index is 13.1. The Balaban J connectivity index is 5.37. The molecule has 0 aliphatic heterocycles. The number of aliphatic hydroxyl groups is 1. The van der Waals surface area contributed by atoms with E-state index in [0.717, 1.165) is 154 Å². The fourth-order valence-corrected chi connectivity index (χ4v) is 11.3. The van der Waals surface area contributed by atoms with Crippen molar-refractivity contribution >= 4 is 39.5 Å². The molecule has 0 rings (SSSR count). The van der Waals surface area contributed by atoms with Crippen molar-refractivity contribution in [2.75, 3.05) is 39.6 Å². The highest BCUT2D eigenvalue weighted by molar-refractivity contribution is 7.47. The van der Waals surface area contributed by atoms with Crippen LogP contribution in [0.4, 0.5) is 0 Å². The number of phosphoric ester groups is 2. The van der Waals surface area contributed by atoms with Crippen molar-refractivity contribution in [2.24, 2.45) is 0 Å². The molecule has 0 amide bonds. The summed E-state index contributed by atoms with van der Waals surface area (Å²) in [5.41, 5.74) is 0. The van der Waals surface area contributed by atoms with Gasteiger partial charge in [-0.3, -0.25) is 37.3 Å². The second-order valence-corrected chi connectivity index (χ2v) is 27.7. The lowest BCUT2D eigenvalue weighted by atomic mass is 10.0. The first-order valence-corrected chi connectivity index (χ1v) is 40.8. The molecule has 5 unspecified atom stereocenters. The van der Waals surface area contributed by atoms with E-state index in [-0.39, 0.29) is 25.7 Å². The van der Waals surface area contributed by atoms with Gasteiger partial charge in [0.15, 0.2) is 12.2 Å². The number of allylic oxidation sites excluding steroid dienone is 20. The minimum Gasteiger partial charge on any atom is -0.462 e. The molecule has 0 aliphatic rings. The Hall–Kier alpha value is -4.54. The Kier molecular flexibility index (Phi) is 67.6. The van der Waals surface area contributed by atoms with E-state index < -0.39 is 97.5 Å². The molecule has 0 aromatic carbocycles. The fraction of sp³-hybridized carbons (Fsp3) is 0.696. The number of carbonyl (C=O) groups is 4. The zero-order valence-corrected chi connectivity index (χ0v) is 63.0. The molecule has 0 saturated heterocycles. The van der Waals surface area contributed by atoms with Crippen molar-refractivity contribution in [1.29, 1.82) is 0 Å². The predicted molar refractivity (Wildman–Crippen MR) is 399 cm³/mol. The average molecular weight is 1420 g/mol. The van der Waals surface area contributed by atoms with Gasteiger partial charge in [-0.15, -0.1) is 0 Å². The van der Waals surface area contributed by atoms with Gasteiger partial charge in [0.2, 0.25) is 0 Å². The smallest absolute Gasteiger partial charge is 0.462 e. The van der Waals surface area contributed by atoms with E-state index in [1.165, 1.54) is 64.2 Å². The molecule has 0 bridgehead atoms. The molecule has 0 aromatic rings. The summed E-state index contributed by atoms with van der Waals surface area (Å²) in [4.78, 5) is 72.7. The van der Waals surface area contributed by atoms with E-state index in [0.29, 0.717) is 25.7 Å². The minimum absolute atomic E-state index is 0.0731. The monoisotopic (exact) mass is 1420 g/mol. The Morgan fingerprint density at radius 3 is 0.888 bits per heavy atom. The lowest BCUT2D eigenvalue weighted by Crippen LogP contribution is -2.30. The number of rotatable bonds is 70. The summed E-state index contributed by atoms with van der Waals surface area (Å²) in [5.74, 6) is -2.27. The van der Waals surface area contributed by atoms with Gasteiger partial charge < -0.3 is 33.8 Å². The third-order valence-corrected chi connectivity index (χ3v) is 17.3. The van der Waals surface area contributed by atoms with Crippen LogP contribution in [-0.2, 0) is 65.4 Å². The summed E-state index contributed by atoms with van der Waals surface area (Å²) in [6, 6.07) is 0. The number of hydrogen-bond acceptors (Lipinski definition) is 15. The topological polar surface area (TPSA) is 237 Å². The van der Waals surface area contributed by atoms with Gasteiger partial charge in [0, 0.05) is 25.7 Å². The third kappa shape index (κ3) is 69.9. The van der Waals surface area contributed by atoms with Crippen LogP contribution in [0.5, 0.6) is 0 Å². The van der Waals surface area contributed by atoms with Gasteiger partial charge >= 0.3 is 39.5 Å². The van der Waals surface area contributed by atoms with Crippen molar-refractivity contribution in [3.05, 3.63) is 122 Å². The third-order valence-electron chi connectivity index (χ3n) is 15.4. The molecule has 0 heterocycles. The van der Waals surface area contributed by atoms with Crippen LogP contribution in [0.15, 0.2) is 122 Å². The second kappa shape index (κ2) is 70.9. The summed E-state index contributed by atoms with van der Waals surface area (Å²) >= 11 is 0. The minimum atomic E-state index is -4.98. The summed E-state index contributed by atoms with van der Waals surface area (Å²) in [6.45, 7) is 4.51. The van der Waals surface area contributed by atoms with Crippen LogP contribution in [0.3, 0.4) is 0 Å². The van der Waals surface area contributed by atoms with Gasteiger partial charge in [0.05, 0.1) is 26.4 Å². The molecular formula is C79H134O17P2. The normalized spacial score (nSPS) is 14.6. The lowest BCUT2D eigenvalue weighted by molar-refractivity contribution is -0.161. The SMILES string of the molecule is CC/C=C\C/C=C\C/C=C\C/C=C\C/C=C\CCCCCC(=O)OCC(COP(=O)(O)OCC(O)COP(=O)(O)OCC(COC(=O)CCCC/C=C\C/C=C\C/C=C\C/C=C\CC)OC(=O)CCCCCCC/C=C\CCCC)OC(=O)CCCCCCCCCCCCCCC. The highest BCUT2D eigenvalue weighted by Crippen LogP contribution is 2.45. The quantitative estimate of drug-likeness (QED) is 0.0169. The van der Waals surface area contributed by atoms with Crippen LogP contribution in [0, 0.1) is 0 Å². The number of ether oxygens (including phenoxy) is 4. The molecule has 562 valence electrons. The standard InChI is InChI=1S/C79H134O17P2/c1-5-9-13-17-21-25-29-32-34-35-36-37-39-42-45-48-52-56-60-64-77(82)90-70-75(96-79(84)66-62-58-54-50-46-40-31-27-23-19-15-11-7-3)72-94-98(87,88)92-68-73(80)67-91-97(85,86)93-71-74(95-78(83)65-61-57-53-49-43-28-24-20-16-12-8-4)69-89-76(81)63-59-55-51-47-44-41-38-33-30-26-22-18-14-10-6-2/h9-10,13-14,20-22,24-26,32-34,36-38,42,44-45,47,73-75,80H,5-8,11-12,15-19,23,27-31,35,39-41,43,46,48-72H2,1-4H3,(H,85,86)(H,87,88)/b13-9-,14-10-,24-20-,25-21-,26-22-,34-32-,37-36-,38-33-,45-42-,47-44-. The van der Waals surface area contributed by atoms with Crippen molar-refractivity contribution < 1.29 is 80.2 Å². The van der Waals surface area contributed by atoms with E-state index in [9.17, 15) is 43.2 Å².